The number of hydrogen-bond donors (Lipinski definition) is 0. The Kier molecular flexibility index (Phi) is 7.68. The number of sulfonamides is 1. The molecule has 2 aromatic carbocycles. The number of likely N-dealkylation sites (N-methyl/N-ethyl adjacent to an activating group) is 1. The molecule has 30 heavy (non-hydrogen) atoms. The van der Waals surface area contributed by atoms with E-state index in [1.807, 2.05) is 31.2 Å². The summed E-state index contributed by atoms with van der Waals surface area (Å²) in [5.74, 6) is -0.154. The van der Waals surface area contributed by atoms with Gasteiger partial charge in [-0.1, -0.05) is 52.7 Å². The number of carbonyl (C=O) groups is 1. The van der Waals surface area contributed by atoms with Crippen LogP contribution in [0.2, 0.25) is 0 Å². The van der Waals surface area contributed by atoms with Crippen LogP contribution in [-0.4, -0.2) is 67.7 Å². The molecular formula is C22H28BrN3O3S. The van der Waals surface area contributed by atoms with E-state index in [0.29, 0.717) is 13.1 Å². The zero-order valence-electron chi connectivity index (χ0n) is 17.4. The van der Waals surface area contributed by atoms with Gasteiger partial charge in [0.2, 0.25) is 15.9 Å². The van der Waals surface area contributed by atoms with Gasteiger partial charge >= 0.3 is 0 Å². The van der Waals surface area contributed by atoms with Crippen LogP contribution < -0.4 is 0 Å². The fourth-order valence-electron chi connectivity index (χ4n) is 3.44. The third kappa shape index (κ3) is 5.69. The van der Waals surface area contributed by atoms with Gasteiger partial charge in [0.1, 0.15) is 0 Å². The number of nitrogens with zero attached hydrogens (tertiary/aromatic N) is 3. The Morgan fingerprint density at radius 1 is 1.00 bits per heavy atom. The number of aryl methyl sites for hydroxylation is 1. The van der Waals surface area contributed by atoms with Crippen LogP contribution >= 0.6 is 15.9 Å². The molecule has 3 rings (SSSR count). The Morgan fingerprint density at radius 3 is 2.17 bits per heavy atom. The van der Waals surface area contributed by atoms with E-state index in [1.54, 1.807) is 29.2 Å². The molecule has 8 heteroatoms. The maximum Gasteiger partial charge on any atom is 0.243 e. The smallest absolute Gasteiger partial charge is 0.243 e. The molecule has 1 aliphatic rings. The average Bonchev–Trinajstić information content (AvgIpc) is 2.75. The summed E-state index contributed by atoms with van der Waals surface area (Å²) in [5, 5.41) is 0. The van der Waals surface area contributed by atoms with E-state index >= 15 is 0 Å². The lowest BCUT2D eigenvalue weighted by Crippen LogP contribution is -2.51. The lowest BCUT2D eigenvalue weighted by atomic mass is 10.1. The molecule has 1 heterocycles. The zero-order chi connectivity index (χ0) is 21.7. The van der Waals surface area contributed by atoms with E-state index in [4.69, 9.17) is 0 Å². The number of carbonyl (C=O) groups excluding carboxylic acids is 1. The number of piperazine rings is 1. The van der Waals surface area contributed by atoms with Crippen molar-refractivity contribution in [3.05, 3.63) is 64.1 Å². The minimum Gasteiger partial charge on any atom is -0.339 e. The average molecular weight is 494 g/mol. The molecule has 0 unspecified atom stereocenters. The van der Waals surface area contributed by atoms with Crippen molar-refractivity contribution >= 4 is 31.9 Å². The van der Waals surface area contributed by atoms with Crippen LogP contribution in [0.5, 0.6) is 0 Å². The summed E-state index contributed by atoms with van der Waals surface area (Å²) >= 11 is 3.34. The molecule has 1 amide bonds. The van der Waals surface area contributed by atoms with Gasteiger partial charge in [-0.2, -0.15) is 4.31 Å². The predicted molar refractivity (Wildman–Crippen MR) is 122 cm³/mol. The van der Waals surface area contributed by atoms with Gasteiger partial charge in [-0.25, -0.2) is 8.42 Å². The number of amides is 1. The summed E-state index contributed by atoms with van der Waals surface area (Å²) < 4.78 is 28.8. The normalized spacial score (nSPS) is 15.5. The molecule has 0 saturated carbocycles. The largest absolute Gasteiger partial charge is 0.339 e. The molecule has 0 radical (unpaired) electrons. The molecule has 1 saturated heterocycles. The van der Waals surface area contributed by atoms with Crippen molar-refractivity contribution in [2.75, 3.05) is 39.3 Å². The van der Waals surface area contributed by atoms with Crippen LogP contribution in [0.1, 0.15) is 18.1 Å². The van der Waals surface area contributed by atoms with Crippen LogP contribution in [0.3, 0.4) is 0 Å². The van der Waals surface area contributed by atoms with E-state index in [2.05, 4.69) is 27.8 Å². The van der Waals surface area contributed by atoms with Gasteiger partial charge in [-0.15, -0.1) is 0 Å². The number of rotatable bonds is 7. The van der Waals surface area contributed by atoms with Gasteiger partial charge < -0.3 is 9.80 Å². The second kappa shape index (κ2) is 10.0. The SMILES string of the molecule is CCN1CCN(C(=O)CN(Cc2ccc(C)cc2)S(=O)(=O)c2ccc(Br)cc2)CC1. The minimum atomic E-state index is -3.82. The standard InChI is InChI=1S/C22H28BrN3O3S/c1-3-24-12-14-25(15-13-24)22(27)17-26(16-19-6-4-18(2)5-7-19)30(28,29)21-10-8-20(23)9-11-21/h4-11H,3,12-17H2,1-2H3. The van der Waals surface area contributed by atoms with Crippen LogP contribution in [0.4, 0.5) is 0 Å². The van der Waals surface area contributed by atoms with Crippen LogP contribution in [0, 0.1) is 6.92 Å². The molecule has 162 valence electrons. The molecule has 0 N–H and O–H groups in total. The highest BCUT2D eigenvalue weighted by Gasteiger charge is 2.29. The zero-order valence-corrected chi connectivity index (χ0v) is 19.8. The van der Waals surface area contributed by atoms with Gasteiger partial charge in [0.05, 0.1) is 11.4 Å². The monoisotopic (exact) mass is 493 g/mol. The van der Waals surface area contributed by atoms with Gasteiger partial charge in [-0.05, 0) is 43.3 Å². The molecule has 1 fully saturated rings. The summed E-state index contributed by atoms with van der Waals surface area (Å²) in [6, 6.07) is 14.2. The van der Waals surface area contributed by atoms with E-state index in [9.17, 15) is 13.2 Å². The first kappa shape index (κ1) is 22.9. The Morgan fingerprint density at radius 2 is 1.60 bits per heavy atom. The first-order valence-electron chi connectivity index (χ1n) is 10.1. The summed E-state index contributed by atoms with van der Waals surface area (Å²) in [4.78, 5) is 17.2. The molecule has 1 aliphatic heterocycles. The van der Waals surface area contributed by atoms with Gasteiger partial charge in [0, 0.05) is 37.2 Å². The molecule has 0 spiro atoms. The second-order valence-corrected chi connectivity index (χ2v) is 10.4. The summed E-state index contributed by atoms with van der Waals surface area (Å²) in [6.07, 6.45) is 0. The highest BCUT2D eigenvalue weighted by atomic mass is 79.9. The van der Waals surface area contributed by atoms with Crippen molar-refractivity contribution in [1.82, 2.24) is 14.1 Å². The Labute approximate surface area is 187 Å². The number of benzene rings is 2. The highest BCUT2D eigenvalue weighted by Crippen LogP contribution is 2.21. The Balaban J connectivity index is 1.82. The van der Waals surface area contributed by atoms with E-state index in [0.717, 1.165) is 35.2 Å². The predicted octanol–water partition coefficient (Wildman–Crippen LogP) is 3.11. The number of halogens is 1. The minimum absolute atomic E-state index is 0.152. The molecule has 0 aromatic heterocycles. The summed E-state index contributed by atoms with van der Waals surface area (Å²) in [7, 11) is -3.82. The maximum absolute atomic E-state index is 13.4. The quantitative estimate of drug-likeness (QED) is 0.594. The van der Waals surface area contributed by atoms with Gasteiger partial charge in [0.25, 0.3) is 0 Å². The topological polar surface area (TPSA) is 60.9 Å². The van der Waals surface area contributed by atoms with Crippen molar-refractivity contribution in [3.63, 3.8) is 0 Å². The Hall–Kier alpha value is -1.74. The van der Waals surface area contributed by atoms with E-state index in [-0.39, 0.29) is 23.9 Å². The summed E-state index contributed by atoms with van der Waals surface area (Å²) in [5.41, 5.74) is 1.95. The third-order valence-corrected chi connectivity index (χ3v) is 7.75. The molecule has 0 atom stereocenters. The van der Waals surface area contributed by atoms with Crippen LogP contribution in [-0.2, 0) is 21.4 Å². The van der Waals surface area contributed by atoms with E-state index < -0.39 is 10.0 Å². The fraction of sp³-hybridized carbons (Fsp3) is 0.409. The lowest BCUT2D eigenvalue weighted by Gasteiger charge is -2.35. The van der Waals surface area contributed by atoms with Crippen molar-refractivity contribution in [2.45, 2.75) is 25.3 Å². The van der Waals surface area contributed by atoms with Crippen molar-refractivity contribution < 1.29 is 13.2 Å². The third-order valence-electron chi connectivity index (χ3n) is 5.41. The first-order chi connectivity index (χ1) is 14.3. The Bertz CT molecular complexity index is 954. The molecular weight excluding hydrogens is 466 g/mol. The van der Waals surface area contributed by atoms with Crippen LogP contribution in [0.15, 0.2) is 57.9 Å². The van der Waals surface area contributed by atoms with E-state index in [1.165, 1.54) is 4.31 Å². The maximum atomic E-state index is 13.4. The number of hydrogen-bond acceptors (Lipinski definition) is 4. The molecule has 2 aromatic rings. The van der Waals surface area contributed by atoms with Crippen molar-refractivity contribution in [3.8, 4) is 0 Å². The highest BCUT2D eigenvalue weighted by molar-refractivity contribution is 9.10. The fourth-order valence-corrected chi connectivity index (χ4v) is 5.08. The van der Waals surface area contributed by atoms with Gasteiger partial charge in [-0.3, -0.25) is 4.79 Å². The first-order valence-corrected chi connectivity index (χ1v) is 12.3. The van der Waals surface area contributed by atoms with Crippen LogP contribution in [0.25, 0.3) is 0 Å². The van der Waals surface area contributed by atoms with Crippen molar-refractivity contribution in [2.24, 2.45) is 0 Å². The molecule has 0 bridgehead atoms. The van der Waals surface area contributed by atoms with Crippen molar-refractivity contribution in [1.29, 1.82) is 0 Å². The second-order valence-electron chi connectivity index (χ2n) is 7.53. The lowest BCUT2D eigenvalue weighted by molar-refractivity contribution is -0.133. The molecule has 0 aliphatic carbocycles. The van der Waals surface area contributed by atoms with Gasteiger partial charge in [0.15, 0.2) is 0 Å². The molecule has 6 nitrogen and oxygen atoms in total. The summed E-state index contributed by atoms with van der Waals surface area (Å²) in [6.45, 7) is 7.93.